The van der Waals surface area contributed by atoms with Gasteiger partial charge in [0, 0.05) is 11.1 Å². The molecule has 9 fully saturated rings. The van der Waals surface area contributed by atoms with E-state index in [0.717, 1.165) is 85.3 Å². The number of amides is 2. The van der Waals surface area contributed by atoms with E-state index in [2.05, 4.69) is 22.3 Å². The molecule has 1 heterocycles. The molecule has 10 rings (SSSR count). The first-order chi connectivity index (χ1) is 17.4. The lowest BCUT2D eigenvalue weighted by Crippen LogP contribution is -2.78. The smallest absolute Gasteiger partial charge is 0.251 e. The molecule has 1 aromatic carbocycles. The standard InChI is InChI=1S/C31H40N2O3/c1-36-26-4-2-25(3-5-26)31(28(35)32-29-12-19-6-20(13-29)8-21(7-19)14-29)18-27(34)33(31)30-15-22-9-23(16-30)11-24(10-22)17-30/h2-5,19-24H,6-18H2,1H3,(H,32,35). The zero-order valence-electron chi connectivity index (χ0n) is 21.6. The van der Waals surface area contributed by atoms with Crippen LogP contribution in [0.3, 0.4) is 0 Å². The Morgan fingerprint density at radius 1 is 0.806 bits per heavy atom. The van der Waals surface area contributed by atoms with Crippen molar-refractivity contribution in [2.75, 3.05) is 7.11 Å². The van der Waals surface area contributed by atoms with Crippen LogP contribution >= 0.6 is 0 Å². The highest BCUT2D eigenvalue weighted by Crippen LogP contribution is 2.63. The predicted molar refractivity (Wildman–Crippen MR) is 136 cm³/mol. The number of nitrogens with one attached hydrogen (secondary N) is 1. The van der Waals surface area contributed by atoms with Crippen LogP contribution in [-0.2, 0) is 15.1 Å². The van der Waals surface area contributed by atoms with Crippen LogP contribution in [0.1, 0.15) is 89.0 Å². The van der Waals surface area contributed by atoms with Gasteiger partial charge >= 0.3 is 0 Å². The molecule has 8 bridgehead atoms. The zero-order valence-corrected chi connectivity index (χ0v) is 21.6. The van der Waals surface area contributed by atoms with Crippen molar-refractivity contribution in [1.29, 1.82) is 0 Å². The number of likely N-dealkylation sites (tertiary alicyclic amines) is 1. The zero-order chi connectivity index (χ0) is 24.3. The van der Waals surface area contributed by atoms with E-state index >= 15 is 0 Å². The van der Waals surface area contributed by atoms with Gasteiger partial charge in [-0.3, -0.25) is 9.59 Å². The van der Waals surface area contributed by atoms with Gasteiger partial charge in [-0.15, -0.1) is 0 Å². The third-order valence-corrected chi connectivity index (χ3v) is 11.9. The summed E-state index contributed by atoms with van der Waals surface area (Å²) >= 11 is 0. The van der Waals surface area contributed by atoms with Gasteiger partial charge < -0.3 is 15.0 Å². The monoisotopic (exact) mass is 488 g/mol. The molecule has 1 saturated heterocycles. The highest BCUT2D eigenvalue weighted by Gasteiger charge is 2.68. The highest BCUT2D eigenvalue weighted by molar-refractivity contribution is 6.03. The number of hydrogen-bond acceptors (Lipinski definition) is 3. The van der Waals surface area contributed by atoms with Crippen molar-refractivity contribution < 1.29 is 14.3 Å². The van der Waals surface area contributed by atoms with E-state index < -0.39 is 5.54 Å². The average molecular weight is 489 g/mol. The molecular formula is C31H40N2O3. The van der Waals surface area contributed by atoms with Gasteiger partial charge in [0.2, 0.25) is 5.91 Å². The molecule has 1 unspecified atom stereocenters. The van der Waals surface area contributed by atoms with Gasteiger partial charge in [-0.1, -0.05) is 12.1 Å². The molecule has 0 aromatic heterocycles. The molecule has 9 aliphatic rings. The van der Waals surface area contributed by atoms with Crippen LogP contribution in [0.15, 0.2) is 24.3 Å². The summed E-state index contributed by atoms with van der Waals surface area (Å²) in [5.74, 6) is 5.58. The highest BCUT2D eigenvalue weighted by atomic mass is 16.5. The quantitative estimate of drug-likeness (QED) is 0.581. The number of ether oxygens (including phenoxy) is 1. The van der Waals surface area contributed by atoms with Crippen molar-refractivity contribution in [2.24, 2.45) is 35.5 Å². The van der Waals surface area contributed by atoms with E-state index in [4.69, 9.17) is 4.74 Å². The number of nitrogens with zero attached hydrogens (tertiary/aromatic N) is 1. The summed E-state index contributed by atoms with van der Waals surface area (Å²) in [6, 6.07) is 8.04. The van der Waals surface area contributed by atoms with Crippen LogP contribution in [0.4, 0.5) is 0 Å². The third-order valence-electron chi connectivity index (χ3n) is 11.9. The van der Waals surface area contributed by atoms with Gasteiger partial charge in [-0.05, 0) is 130 Å². The Bertz CT molecular complexity index is 1040. The van der Waals surface area contributed by atoms with Gasteiger partial charge in [0.15, 0.2) is 5.54 Å². The summed E-state index contributed by atoms with van der Waals surface area (Å²) in [5, 5.41) is 3.71. The molecule has 0 radical (unpaired) electrons. The van der Waals surface area contributed by atoms with E-state index in [-0.39, 0.29) is 22.9 Å². The van der Waals surface area contributed by atoms with E-state index in [9.17, 15) is 9.59 Å². The third kappa shape index (κ3) is 2.95. The number of β-lactam (4-membered cyclic amide) rings is 1. The Balaban J connectivity index is 1.19. The van der Waals surface area contributed by atoms with Gasteiger partial charge in [0.25, 0.3) is 5.91 Å². The molecule has 192 valence electrons. The molecule has 1 aliphatic heterocycles. The summed E-state index contributed by atoms with van der Waals surface area (Å²) in [5.41, 5.74) is -0.0981. The molecule has 1 N–H and O–H groups in total. The summed E-state index contributed by atoms with van der Waals surface area (Å²) in [6.07, 6.45) is 15.0. The molecule has 2 amide bonds. The molecule has 0 spiro atoms. The molecule has 1 aromatic rings. The lowest BCUT2D eigenvalue weighted by atomic mass is 9.50. The van der Waals surface area contributed by atoms with Gasteiger partial charge in [0.05, 0.1) is 13.5 Å². The molecular weight excluding hydrogens is 448 g/mol. The van der Waals surface area contributed by atoms with Crippen molar-refractivity contribution in [1.82, 2.24) is 10.2 Å². The van der Waals surface area contributed by atoms with Crippen molar-refractivity contribution >= 4 is 11.8 Å². The van der Waals surface area contributed by atoms with E-state index in [1.54, 1.807) is 7.11 Å². The van der Waals surface area contributed by atoms with E-state index in [1.807, 2.05) is 12.1 Å². The second-order valence-corrected chi connectivity index (χ2v) is 14.3. The molecule has 5 heteroatoms. The fraction of sp³-hybridized carbons (Fsp3) is 0.742. The van der Waals surface area contributed by atoms with Crippen molar-refractivity contribution in [3.8, 4) is 5.75 Å². The van der Waals surface area contributed by atoms with Gasteiger partial charge in [-0.25, -0.2) is 0 Å². The Labute approximate surface area is 214 Å². The lowest BCUT2D eigenvalue weighted by Gasteiger charge is -2.67. The molecule has 36 heavy (non-hydrogen) atoms. The minimum atomic E-state index is -0.877. The summed E-state index contributed by atoms with van der Waals surface area (Å²) in [7, 11) is 1.68. The Morgan fingerprint density at radius 3 is 1.72 bits per heavy atom. The number of hydrogen-bond donors (Lipinski definition) is 1. The fourth-order valence-electron chi connectivity index (χ4n) is 11.5. The number of methoxy groups -OCH3 is 1. The predicted octanol–water partition coefficient (Wildman–Crippen LogP) is 5.18. The molecule has 8 aliphatic carbocycles. The largest absolute Gasteiger partial charge is 0.497 e. The Hall–Kier alpha value is -2.04. The van der Waals surface area contributed by atoms with Crippen LogP contribution in [0.5, 0.6) is 5.75 Å². The Morgan fingerprint density at radius 2 is 1.28 bits per heavy atom. The number of benzene rings is 1. The fourth-order valence-corrected chi connectivity index (χ4v) is 11.5. The Kier molecular flexibility index (Phi) is 4.45. The first kappa shape index (κ1) is 22.0. The first-order valence-corrected chi connectivity index (χ1v) is 14.7. The van der Waals surface area contributed by atoms with Crippen LogP contribution in [0.25, 0.3) is 0 Å². The summed E-state index contributed by atoms with van der Waals surface area (Å²) < 4.78 is 5.45. The molecule has 8 saturated carbocycles. The summed E-state index contributed by atoms with van der Waals surface area (Å²) in [6.45, 7) is 0. The van der Waals surface area contributed by atoms with Crippen LogP contribution < -0.4 is 10.1 Å². The number of carbonyl (C=O) groups excluding carboxylic acids is 2. The first-order valence-electron chi connectivity index (χ1n) is 14.7. The number of carbonyl (C=O) groups is 2. The van der Waals surface area contributed by atoms with Crippen LogP contribution in [0.2, 0.25) is 0 Å². The van der Waals surface area contributed by atoms with Crippen molar-refractivity contribution in [2.45, 2.75) is 100 Å². The van der Waals surface area contributed by atoms with Crippen molar-refractivity contribution in [3.05, 3.63) is 29.8 Å². The van der Waals surface area contributed by atoms with Gasteiger partial charge in [0.1, 0.15) is 5.75 Å². The van der Waals surface area contributed by atoms with Gasteiger partial charge in [-0.2, -0.15) is 0 Å². The summed E-state index contributed by atoms with van der Waals surface area (Å²) in [4.78, 5) is 30.5. The minimum Gasteiger partial charge on any atom is -0.497 e. The maximum atomic E-state index is 14.7. The lowest BCUT2D eigenvalue weighted by molar-refractivity contribution is -0.201. The van der Waals surface area contributed by atoms with Crippen molar-refractivity contribution in [3.63, 3.8) is 0 Å². The number of rotatable bonds is 5. The minimum absolute atomic E-state index is 0.0585. The molecule has 1 atom stereocenters. The van der Waals surface area contributed by atoms with E-state index in [0.29, 0.717) is 6.42 Å². The normalized spacial score (nSPS) is 47.7. The van der Waals surface area contributed by atoms with Crippen LogP contribution in [0, 0.1) is 35.5 Å². The van der Waals surface area contributed by atoms with Crippen LogP contribution in [-0.4, -0.2) is 34.9 Å². The topological polar surface area (TPSA) is 58.6 Å². The molecule has 5 nitrogen and oxygen atoms in total. The second kappa shape index (κ2) is 7.29. The maximum Gasteiger partial charge on any atom is 0.251 e. The van der Waals surface area contributed by atoms with E-state index in [1.165, 1.54) is 38.5 Å². The second-order valence-electron chi connectivity index (χ2n) is 14.3. The maximum absolute atomic E-state index is 14.7. The SMILES string of the molecule is COc1ccc(C2(C(=O)NC34CC5CC(CC(C5)C3)C4)CC(=O)N2C23CC4CC(CC(C4)C2)C3)cc1. The average Bonchev–Trinajstić information content (AvgIpc) is 2.80.